The van der Waals surface area contributed by atoms with Gasteiger partial charge in [0.15, 0.2) is 0 Å². The molecule has 0 aromatic carbocycles. The second kappa shape index (κ2) is 3.05. The largest absolute Gasteiger partial charge is 0.392 e. The molecule has 1 saturated heterocycles. The third-order valence-electron chi connectivity index (χ3n) is 2.68. The average Bonchev–Trinajstić information content (AvgIpc) is 2.28. The normalized spacial score (nSPS) is 44.5. The van der Waals surface area contributed by atoms with E-state index in [1.807, 2.05) is 0 Å². The lowest BCUT2D eigenvalue weighted by molar-refractivity contribution is -0.153. The molecule has 13 heavy (non-hydrogen) atoms. The van der Waals surface area contributed by atoms with Crippen molar-refractivity contribution in [3.05, 3.63) is 0 Å². The summed E-state index contributed by atoms with van der Waals surface area (Å²) in [7, 11) is 0. The highest BCUT2D eigenvalue weighted by Crippen LogP contribution is 2.47. The molecule has 3 unspecified atom stereocenters. The molecule has 1 aliphatic heterocycles. The van der Waals surface area contributed by atoms with Gasteiger partial charge in [-0.25, -0.2) is 0 Å². The Morgan fingerprint density at radius 2 is 2.15 bits per heavy atom. The number of carbonyl (C=O) groups excluding carboxylic acids is 2. The van der Waals surface area contributed by atoms with Crippen molar-refractivity contribution in [2.45, 2.75) is 28.4 Å². The molecule has 0 amide bonds. The number of alkyl halides is 2. The van der Waals surface area contributed by atoms with Crippen molar-refractivity contribution in [3.8, 4) is 0 Å². The quantitative estimate of drug-likeness (QED) is 0.389. The topological polar surface area (TPSA) is 43.4 Å². The van der Waals surface area contributed by atoms with Crippen LogP contribution >= 0.6 is 31.9 Å². The minimum Gasteiger partial charge on any atom is -0.392 e. The summed E-state index contributed by atoms with van der Waals surface area (Å²) >= 11 is 6.80. The van der Waals surface area contributed by atoms with Crippen LogP contribution in [0, 0.1) is 5.92 Å². The molecule has 0 bridgehead atoms. The van der Waals surface area contributed by atoms with E-state index < -0.39 is 10.3 Å². The molecule has 2 rings (SSSR count). The highest BCUT2D eigenvalue weighted by molar-refractivity contribution is 9.10. The zero-order chi connectivity index (χ0) is 9.64. The van der Waals surface area contributed by atoms with Crippen LogP contribution in [0.25, 0.3) is 0 Å². The van der Waals surface area contributed by atoms with Gasteiger partial charge in [0.1, 0.15) is 4.32 Å². The lowest BCUT2D eigenvalue weighted by Crippen LogP contribution is -2.40. The number of fused-ring (bicyclic) bond motifs is 1. The molecule has 0 aromatic rings. The molecule has 0 aromatic heterocycles. The predicted molar refractivity (Wildman–Crippen MR) is 52.8 cm³/mol. The third kappa shape index (κ3) is 1.36. The summed E-state index contributed by atoms with van der Waals surface area (Å²) in [6, 6.07) is 0. The first-order chi connectivity index (χ1) is 6.04. The van der Waals surface area contributed by atoms with E-state index in [9.17, 15) is 9.59 Å². The summed E-state index contributed by atoms with van der Waals surface area (Å²) in [6.45, 7) is 0. The molecule has 2 fully saturated rings. The van der Waals surface area contributed by atoms with Gasteiger partial charge in [0, 0.05) is 4.83 Å². The zero-order valence-corrected chi connectivity index (χ0v) is 9.93. The summed E-state index contributed by atoms with van der Waals surface area (Å²) in [5, 5.41) is 0. The number of hydrogen-bond acceptors (Lipinski definition) is 3. The summed E-state index contributed by atoms with van der Waals surface area (Å²) in [5.41, 5.74) is 0. The van der Waals surface area contributed by atoms with Gasteiger partial charge in [-0.15, -0.1) is 0 Å². The maximum atomic E-state index is 11.3. The number of rotatable bonds is 0. The molecule has 1 saturated carbocycles. The molecule has 5 heteroatoms. The molecular formula is C8H8Br2O3. The Hall–Kier alpha value is 0.1000. The van der Waals surface area contributed by atoms with Crippen LogP contribution < -0.4 is 0 Å². The fraction of sp³-hybridized carbons (Fsp3) is 0.750. The fourth-order valence-corrected chi connectivity index (χ4v) is 3.16. The van der Waals surface area contributed by atoms with Crippen molar-refractivity contribution in [1.82, 2.24) is 0 Å². The third-order valence-corrected chi connectivity index (χ3v) is 4.79. The summed E-state index contributed by atoms with van der Waals surface area (Å²) in [6.07, 6.45) is 2.23. The van der Waals surface area contributed by atoms with Gasteiger partial charge in [-0.1, -0.05) is 31.9 Å². The van der Waals surface area contributed by atoms with Gasteiger partial charge in [0.25, 0.3) is 0 Å². The highest BCUT2D eigenvalue weighted by Gasteiger charge is 2.58. The molecule has 72 valence electrons. The van der Waals surface area contributed by atoms with Gasteiger partial charge in [-0.2, -0.15) is 0 Å². The molecule has 2 aliphatic rings. The van der Waals surface area contributed by atoms with E-state index in [4.69, 9.17) is 0 Å². The number of carbonyl (C=O) groups is 2. The standard InChI is InChI=1S/C8H8Br2O3/c9-4-1-2-8(10)5(3-4)6(11)13-7(8)12/h4-5H,1-3H2. The number of halogens is 2. The van der Waals surface area contributed by atoms with E-state index in [1.54, 1.807) is 0 Å². The van der Waals surface area contributed by atoms with Gasteiger partial charge in [0.2, 0.25) is 0 Å². The van der Waals surface area contributed by atoms with Crippen molar-refractivity contribution in [2.75, 3.05) is 0 Å². The molecule has 3 atom stereocenters. The Kier molecular flexibility index (Phi) is 2.27. The van der Waals surface area contributed by atoms with Crippen molar-refractivity contribution >= 4 is 43.8 Å². The smallest absolute Gasteiger partial charge is 0.331 e. The van der Waals surface area contributed by atoms with Gasteiger partial charge in [-0.3, -0.25) is 9.59 Å². The molecule has 0 N–H and O–H groups in total. The van der Waals surface area contributed by atoms with E-state index in [-0.39, 0.29) is 11.9 Å². The highest BCUT2D eigenvalue weighted by atomic mass is 79.9. The second-order valence-corrected chi connectivity index (χ2v) is 6.21. The number of cyclic esters (lactones) is 2. The first-order valence-corrected chi connectivity index (χ1v) is 5.84. The fourth-order valence-electron chi connectivity index (χ4n) is 1.88. The van der Waals surface area contributed by atoms with Crippen molar-refractivity contribution < 1.29 is 14.3 Å². The average molecular weight is 312 g/mol. The minimum absolute atomic E-state index is 0.307. The van der Waals surface area contributed by atoms with Gasteiger partial charge in [0.05, 0.1) is 5.92 Å². The Balaban J connectivity index is 2.30. The van der Waals surface area contributed by atoms with E-state index in [0.717, 1.165) is 6.42 Å². The molecule has 1 heterocycles. The van der Waals surface area contributed by atoms with Crippen LogP contribution in [0.1, 0.15) is 19.3 Å². The molecule has 3 nitrogen and oxygen atoms in total. The van der Waals surface area contributed by atoms with Gasteiger partial charge < -0.3 is 4.74 Å². The Labute approximate surface area is 92.5 Å². The molecular weight excluding hydrogens is 304 g/mol. The summed E-state index contributed by atoms with van der Waals surface area (Å²) < 4.78 is 3.89. The summed E-state index contributed by atoms with van der Waals surface area (Å²) in [4.78, 5) is 22.9. The Morgan fingerprint density at radius 3 is 2.85 bits per heavy atom. The van der Waals surface area contributed by atoms with E-state index in [2.05, 4.69) is 36.6 Å². The van der Waals surface area contributed by atoms with Crippen LogP contribution in [-0.4, -0.2) is 21.1 Å². The maximum absolute atomic E-state index is 11.3. The molecule has 1 aliphatic carbocycles. The van der Waals surface area contributed by atoms with Crippen LogP contribution in [0.5, 0.6) is 0 Å². The zero-order valence-electron chi connectivity index (χ0n) is 6.76. The Morgan fingerprint density at radius 1 is 1.46 bits per heavy atom. The number of hydrogen-bond donors (Lipinski definition) is 0. The number of ether oxygens (including phenoxy) is 1. The number of esters is 2. The monoisotopic (exact) mass is 310 g/mol. The van der Waals surface area contributed by atoms with Crippen LogP contribution in [0.2, 0.25) is 0 Å². The lowest BCUT2D eigenvalue weighted by Gasteiger charge is -2.30. The Bertz CT molecular complexity index is 279. The first-order valence-electron chi connectivity index (χ1n) is 4.13. The van der Waals surface area contributed by atoms with Crippen LogP contribution in [0.15, 0.2) is 0 Å². The van der Waals surface area contributed by atoms with E-state index >= 15 is 0 Å². The lowest BCUT2D eigenvalue weighted by atomic mass is 9.81. The van der Waals surface area contributed by atoms with Crippen molar-refractivity contribution in [1.29, 1.82) is 0 Å². The van der Waals surface area contributed by atoms with E-state index in [0.29, 0.717) is 17.7 Å². The molecule has 0 spiro atoms. The van der Waals surface area contributed by atoms with Crippen molar-refractivity contribution in [3.63, 3.8) is 0 Å². The minimum atomic E-state index is -0.728. The van der Waals surface area contributed by atoms with Crippen molar-refractivity contribution in [2.24, 2.45) is 5.92 Å². The van der Waals surface area contributed by atoms with E-state index in [1.165, 1.54) is 0 Å². The second-order valence-electron chi connectivity index (χ2n) is 3.50. The first kappa shape index (κ1) is 9.65. The predicted octanol–water partition coefficient (Wildman–Crippen LogP) is 1.77. The summed E-state index contributed by atoms with van der Waals surface area (Å²) in [5.74, 6) is -1.11. The van der Waals surface area contributed by atoms with Crippen LogP contribution in [0.4, 0.5) is 0 Å². The van der Waals surface area contributed by atoms with Crippen LogP contribution in [0.3, 0.4) is 0 Å². The van der Waals surface area contributed by atoms with Gasteiger partial charge >= 0.3 is 11.9 Å². The van der Waals surface area contributed by atoms with Gasteiger partial charge in [-0.05, 0) is 19.3 Å². The molecule has 0 radical (unpaired) electrons. The van der Waals surface area contributed by atoms with Crippen LogP contribution in [-0.2, 0) is 14.3 Å². The SMILES string of the molecule is O=C1OC(=O)C2(Br)CCC(Br)CC12. The maximum Gasteiger partial charge on any atom is 0.331 e.